The van der Waals surface area contributed by atoms with Crippen molar-refractivity contribution in [2.45, 2.75) is 44.8 Å². The molecular weight excluding hydrogens is 217 g/mol. The van der Waals surface area contributed by atoms with Gasteiger partial charge in [0.2, 0.25) is 0 Å². The normalized spacial score (nSPS) is 30.8. The summed E-state index contributed by atoms with van der Waals surface area (Å²) < 4.78 is 19.0. The Labute approximate surface area is 101 Å². The van der Waals surface area contributed by atoms with Crippen molar-refractivity contribution in [3.05, 3.63) is 24.0 Å². The highest BCUT2D eigenvalue weighted by molar-refractivity contribution is 5.59. The first-order valence-corrected chi connectivity index (χ1v) is 6.49. The monoisotopic (exact) mass is 235 g/mol. The summed E-state index contributed by atoms with van der Waals surface area (Å²) in [6, 6.07) is 5.13. The molecule has 3 atom stereocenters. The van der Waals surface area contributed by atoms with Crippen molar-refractivity contribution in [1.29, 1.82) is 0 Å². The zero-order chi connectivity index (χ0) is 11.8. The van der Waals surface area contributed by atoms with Crippen LogP contribution >= 0.6 is 0 Å². The van der Waals surface area contributed by atoms with E-state index in [1.54, 1.807) is 6.07 Å². The van der Waals surface area contributed by atoms with Gasteiger partial charge in [-0.15, -0.1) is 0 Å². The Bertz CT molecular complexity index is 421. The standard InChI is InChI=1S/C14H18FNO/c1-2-9-3-6-13-12(7-9)16-11-5-4-10(15)8-14(11)17-13/h4-5,8-9,12-13,16H,2-3,6-7H2,1H3. The lowest BCUT2D eigenvalue weighted by Gasteiger charge is -2.40. The van der Waals surface area contributed by atoms with Crippen molar-refractivity contribution in [2.24, 2.45) is 5.92 Å². The molecule has 1 fully saturated rings. The summed E-state index contributed by atoms with van der Waals surface area (Å²) in [5.74, 6) is 1.24. The van der Waals surface area contributed by atoms with Crippen LogP contribution in [0, 0.1) is 11.7 Å². The van der Waals surface area contributed by atoms with Crippen LogP contribution in [0.4, 0.5) is 10.1 Å². The Kier molecular flexibility index (Phi) is 2.69. The van der Waals surface area contributed by atoms with Gasteiger partial charge in [0.15, 0.2) is 0 Å². The van der Waals surface area contributed by atoms with Gasteiger partial charge in [-0.05, 0) is 37.3 Å². The highest BCUT2D eigenvalue weighted by Gasteiger charge is 2.35. The van der Waals surface area contributed by atoms with Crippen molar-refractivity contribution in [3.8, 4) is 5.75 Å². The summed E-state index contributed by atoms with van der Waals surface area (Å²) in [6.45, 7) is 2.25. The lowest BCUT2D eigenvalue weighted by molar-refractivity contribution is 0.106. The smallest absolute Gasteiger partial charge is 0.145 e. The first-order valence-electron chi connectivity index (χ1n) is 6.49. The average molecular weight is 235 g/mol. The molecule has 1 N–H and O–H groups in total. The van der Waals surface area contributed by atoms with Gasteiger partial charge >= 0.3 is 0 Å². The van der Waals surface area contributed by atoms with Crippen LogP contribution in [0.25, 0.3) is 0 Å². The zero-order valence-corrected chi connectivity index (χ0v) is 10.1. The van der Waals surface area contributed by atoms with E-state index in [-0.39, 0.29) is 11.9 Å². The molecule has 1 aromatic carbocycles. The quantitative estimate of drug-likeness (QED) is 0.803. The Morgan fingerprint density at radius 2 is 2.29 bits per heavy atom. The minimum absolute atomic E-state index is 0.215. The Balaban J connectivity index is 1.82. The highest BCUT2D eigenvalue weighted by Crippen LogP contribution is 2.38. The third-order valence-corrected chi connectivity index (χ3v) is 4.04. The molecule has 1 aliphatic heterocycles. The molecule has 2 nitrogen and oxygen atoms in total. The molecule has 1 heterocycles. The minimum Gasteiger partial charge on any atom is -0.486 e. The topological polar surface area (TPSA) is 21.3 Å². The molecule has 0 spiro atoms. The fourth-order valence-corrected chi connectivity index (χ4v) is 2.97. The molecule has 1 aromatic rings. The fourth-order valence-electron chi connectivity index (χ4n) is 2.97. The van der Waals surface area contributed by atoms with E-state index in [1.165, 1.54) is 25.0 Å². The molecule has 3 heteroatoms. The van der Waals surface area contributed by atoms with Gasteiger partial charge in [-0.1, -0.05) is 13.3 Å². The SMILES string of the molecule is CCC1CCC2Oc3cc(F)ccc3NC2C1. The average Bonchev–Trinajstić information content (AvgIpc) is 2.35. The van der Waals surface area contributed by atoms with Crippen LogP contribution in [-0.2, 0) is 0 Å². The van der Waals surface area contributed by atoms with Gasteiger partial charge < -0.3 is 10.1 Å². The van der Waals surface area contributed by atoms with Crippen LogP contribution < -0.4 is 10.1 Å². The molecular formula is C14H18FNO. The van der Waals surface area contributed by atoms with Crippen LogP contribution in [0.15, 0.2) is 18.2 Å². The van der Waals surface area contributed by atoms with E-state index in [9.17, 15) is 4.39 Å². The van der Waals surface area contributed by atoms with Gasteiger partial charge in [-0.25, -0.2) is 4.39 Å². The van der Waals surface area contributed by atoms with Gasteiger partial charge in [0.1, 0.15) is 17.7 Å². The van der Waals surface area contributed by atoms with E-state index in [1.807, 2.05) is 0 Å². The van der Waals surface area contributed by atoms with Gasteiger partial charge in [-0.3, -0.25) is 0 Å². The molecule has 0 aromatic heterocycles. The molecule has 0 radical (unpaired) electrons. The number of nitrogens with one attached hydrogen (secondary N) is 1. The Morgan fingerprint density at radius 1 is 1.41 bits per heavy atom. The number of fused-ring (bicyclic) bond motifs is 2. The second-order valence-electron chi connectivity index (χ2n) is 5.13. The second kappa shape index (κ2) is 4.21. The maximum atomic E-state index is 13.1. The highest BCUT2D eigenvalue weighted by atomic mass is 19.1. The molecule has 0 saturated heterocycles. The summed E-state index contributed by atoms with van der Waals surface area (Å²) in [5.41, 5.74) is 0.935. The van der Waals surface area contributed by atoms with E-state index >= 15 is 0 Å². The van der Waals surface area contributed by atoms with Crippen LogP contribution in [0.3, 0.4) is 0 Å². The molecule has 2 aliphatic rings. The van der Waals surface area contributed by atoms with E-state index in [2.05, 4.69) is 12.2 Å². The second-order valence-corrected chi connectivity index (χ2v) is 5.13. The maximum Gasteiger partial charge on any atom is 0.145 e. The van der Waals surface area contributed by atoms with Crippen LogP contribution in [0.2, 0.25) is 0 Å². The Morgan fingerprint density at radius 3 is 3.12 bits per heavy atom. The zero-order valence-electron chi connectivity index (χ0n) is 10.1. The van der Waals surface area contributed by atoms with Crippen molar-refractivity contribution < 1.29 is 9.13 Å². The van der Waals surface area contributed by atoms with Crippen molar-refractivity contribution in [3.63, 3.8) is 0 Å². The van der Waals surface area contributed by atoms with E-state index in [0.717, 1.165) is 24.4 Å². The van der Waals surface area contributed by atoms with Crippen molar-refractivity contribution >= 4 is 5.69 Å². The molecule has 3 rings (SSSR count). The lowest BCUT2D eigenvalue weighted by Crippen LogP contribution is -2.45. The molecule has 17 heavy (non-hydrogen) atoms. The maximum absolute atomic E-state index is 13.1. The number of hydrogen-bond acceptors (Lipinski definition) is 2. The summed E-state index contributed by atoms with van der Waals surface area (Å²) in [4.78, 5) is 0. The predicted octanol–water partition coefficient (Wildman–Crippen LogP) is 3.58. The lowest BCUT2D eigenvalue weighted by atomic mass is 9.81. The number of halogens is 1. The molecule has 0 amide bonds. The third kappa shape index (κ3) is 1.99. The first kappa shape index (κ1) is 10.9. The largest absolute Gasteiger partial charge is 0.486 e. The summed E-state index contributed by atoms with van der Waals surface area (Å²) in [5, 5.41) is 3.50. The van der Waals surface area contributed by atoms with Gasteiger partial charge in [0.25, 0.3) is 0 Å². The number of benzene rings is 1. The number of rotatable bonds is 1. The summed E-state index contributed by atoms with van der Waals surface area (Å²) in [6.07, 6.45) is 4.92. The van der Waals surface area contributed by atoms with Gasteiger partial charge in [0, 0.05) is 6.07 Å². The van der Waals surface area contributed by atoms with E-state index < -0.39 is 0 Å². The van der Waals surface area contributed by atoms with Gasteiger partial charge in [0.05, 0.1) is 11.7 Å². The molecule has 1 aliphatic carbocycles. The molecule has 0 bridgehead atoms. The predicted molar refractivity (Wildman–Crippen MR) is 65.9 cm³/mol. The van der Waals surface area contributed by atoms with Crippen LogP contribution in [-0.4, -0.2) is 12.1 Å². The molecule has 3 unspecified atom stereocenters. The van der Waals surface area contributed by atoms with Gasteiger partial charge in [-0.2, -0.15) is 0 Å². The fraction of sp³-hybridized carbons (Fsp3) is 0.571. The molecule has 1 saturated carbocycles. The number of ether oxygens (including phenoxy) is 1. The first-order chi connectivity index (χ1) is 8.26. The van der Waals surface area contributed by atoms with Crippen LogP contribution in [0.1, 0.15) is 32.6 Å². The molecule has 92 valence electrons. The number of anilines is 1. The van der Waals surface area contributed by atoms with E-state index in [4.69, 9.17) is 4.74 Å². The Hall–Kier alpha value is -1.25. The minimum atomic E-state index is -0.230. The number of hydrogen-bond donors (Lipinski definition) is 1. The summed E-state index contributed by atoms with van der Waals surface area (Å²) in [7, 11) is 0. The van der Waals surface area contributed by atoms with E-state index in [0.29, 0.717) is 11.8 Å². The third-order valence-electron chi connectivity index (χ3n) is 4.04. The van der Waals surface area contributed by atoms with Crippen molar-refractivity contribution in [2.75, 3.05) is 5.32 Å². The summed E-state index contributed by atoms with van der Waals surface area (Å²) >= 11 is 0. The van der Waals surface area contributed by atoms with Crippen LogP contribution in [0.5, 0.6) is 5.75 Å². The van der Waals surface area contributed by atoms with Crippen molar-refractivity contribution in [1.82, 2.24) is 0 Å².